The van der Waals surface area contributed by atoms with E-state index >= 15 is 0 Å². The molecule has 0 N–H and O–H groups in total. The second-order valence-corrected chi connectivity index (χ2v) is 12.0. The molecule has 0 unspecified atom stereocenters. The van der Waals surface area contributed by atoms with Gasteiger partial charge in [0.05, 0.1) is 6.61 Å². The van der Waals surface area contributed by atoms with E-state index in [4.69, 9.17) is 4.43 Å². The summed E-state index contributed by atoms with van der Waals surface area (Å²) in [5.74, 6) is 0. The van der Waals surface area contributed by atoms with Gasteiger partial charge in [-0.15, -0.1) is 0 Å². The SMILES string of the molecule is C[Si](C)(C)OC/C=C\CCCCCCCCCC(=O)I. The van der Waals surface area contributed by atoms with E-state index in [1.54, 1.807) is 0 Å². The molecule has 0 aliphatic rings. The van der Waals surface area contributed by atoms with Crippen LogP contribution in [0.2, 0.25) is 19.6 Å². The van der Waals surface area contributed by atoms with Crippen molar-refractivity contribution in [2.24, 2.45) is 0 Å². The predicted molar refractivity (Wildman–Crippen MR) is 99.0 cm³/mol. The Balaban J connectivity index is 3.17. The zero-order chi connectivity index (χ0) is 15.3. The molecule has 0 heterocycles. The highest BCUT2D eigenvalue weighted by molar-refractivity contribution is 14.1. The van der Waals surface area contributed by atoms with Crippen molar-refractivity contribution in [2.45, 2.75) is 77.4 Å². The number of unbranched alkanes of at least 4 members (excludes halogenated alkanes) is 7. The van der Waals surface area contributed by atoms with Gasteiger partial charge in [0.1, 0.15) is 0 Å². The fourth-order valence-electron chi connectivity index (χ4n) is 1.89. The molecule has 0 aromatic carbocycles. The van der Waals surface area contributed by atoms with Crippen molar-refractivity contribution in [1.29, 1.82) is 0 Å². The zero-order valence-electron chi connectivity index (χ0n) is 13.4. The Kier molecular flexibility index (Phi) is 13.2. The fraction of sp³-hybridized carbons (Fsp3) is 0.812. The van der Waals surface area contributed by atoms with Gasteiger partial charge < -0.3 is 4.43 Å². The first-order valence-corrected chi connectivity index (χ1v) is 12.4. The van der Waals surface area contributed by atoms with Crippen LogP contribution in [-0.2, 0) is 9.22 Å². The molecule has 4 heteroatoms. The standard InChI is InChI=1S/C16H31IO2Si/c1-20(2,3)19-15-13-11-9-7-5-4-6-8-10-12-14-16(17)18/h11,13H,4-10,12,14-15H2,1-3H3/b13-11-. The van der Waals surface area contributed by atoms with Crippen molar-refractivity contribution in [3.63, 3.8) is 0 Å². The van der Waals surface area contributed by atoms with E-state index in [2.05, 4.69) is 31.8 Å². The summed E-state index contributed by atoms with van der Waals surface area (Å²) in [5, 5.41) is 0. The third-order valence-corrected chi connectivity index (χ3v) is 4.60. The summed E-state index contributed by atoms with van der Waals surface area (Å²) in [6.45, 7) is 7.44. The minimum atomic E-state index is -1.33. The maximum Gasteiger partial charge on any atom is 0.192 e. The lowest BCUT2D eigenvalue weighted by molar-refractivity contribution is -0.109. The maximum atomic E-state index is 10.8. The van der Waals surface area contributed by atoms with Crippen molar-refractivity contribution in [3.8, 4) is 0 Å². The van der Waals surface area contributed by atoms with E-state index in [1.807, 2.05) is 22.6 Å². The molecule has 0 spiro atoms. The van der Waals surface area contributed by atoms with E-state index in [-0.39, 0.29) is 0 Å². The molecule has 2 nitrogen and oxygen atoms in total. The number of hydrogen-bond acceptors (Lipinski definition) is 2. The van der Waals surface area contributed by atoms with Gasteiger partial charge in [0.15, 0.2) is 12.1 Å². The number of allylic oxidation sites excluding steroid dienone is 1. The van der Waals surface area contributed by atoms with Gasteiger partial charge in [0.25, 0.3) is 0 Å². The third kappa shape index (κ3) is 18.3. The quantitative estimate of drug-likeness (QED) is 0.125. The third-order valence-electron chi connectivity index (χ3n) is 3.02. The Bertz CT molecular complexity index is 272. The van der Waals surface area contributed by atoms with Crippen molar-refractivity contribution in [3.05, 3.63) is 12.2 Å². The first kappa shape index (κ1) is 20.3. The van der Waals surface area contributed by atoms with Crippen molar-refractivity contribution in [2.75, 3.05) is 6.61 Å². The van der Waals surface area contributed by atoms with Crippen LogP contribution in [0.25, 0.3) is 0 Å². The van der Waals surface area contributed by atoms with Gasteiger partial charge in [-0.25, -0.2) is 0 Å². The van der Waals surface area contributed by atoms with E-state index < -0.39 is 8.32 Å². The van der Waals surface area contributed by atoms with Gasteiger partial charge in [-0.1, -0.05) is 44.3 Å². The van der Waals surface area contributed by atoms with Gasteiger partial charge in [0, 0.05) is 6.42 Å². The molecule has 0 amide bonds. The number of halogens is 1. The van der Waals surface area contributed by atoms with Crippen LogP contribution in [0.4, 0.5) is 0 Å². The molecule has 118 valence electrons. The Morgan fingerprint density at radius 3 is 2.05 bits per heavy atom. The van der Waals surface area contributed by atoms with Crippen LogP contribution in [0.15, 0.2) is 12.2 Å². The Labute approximate surface area is 140 Å². The van der Waals surface area contributed by atoms with Crippen LogP contribution in [-0.4, -0.2) is 18.7 Å². The molecule has 0 saturated heterocycles. The molecule has 0 aliphatic heterocycles. The van der Waals surface area contributed by atoms with E-state index in [9.17, 15) is 4.79 Å². The van der Waals surface area contributed by atoms with E-state index in [1.165, 1.54) is 44.9 Å². The maximum absolute atomic E-state index is 10.8. The number of rotatable bonds is 13. The summed E-state index contributed by atoms with van der Waals surface area (Å²) in [7, 11) is -1.33. The van der Waals surface area contributed by atoms with Crippen molar-refractivity contribution >= 4 is 34.7 Å². The summed E-state index contributed by atoms with van der Waals surface area (Å²) in [6, 6.07) is 0. The number of hydrogen-bond donors (Lipinski definition) is 0. The first-order valence-electron chi connectivity index (χ1n) is 7.89. The first-order chi connectivity index (χ1) is 9.42. The average Bonchev–Trinajstić information content (AvgIpc) is 2.33. The van der Waals surface area contributed by atoms with Crippen LogP contribution in [0.5, 0.6) is 0 Å². The molecule has 0 aliphatic carbocycles. The molecule has 0 fully saturated rings. The molecule has 0 aromatic heterocycles. The van der Waals surface area contributed by atoms with Crippen LogP contribution >= 0.6 is 22.6 Å². The molecule has 20 heavy (non-hydrogen) atoms. The topological polar surface area (TPSA) is 26.3 Å². The minimum Gasteiger partial charge on any atom is -0.414 e. The zero-order valence-corrected chi connectivity index (χ0v) is 16.6. The Morgan fingerprint density at radius 2 is 1.50 bits per heavy atom. The normalized spacial score (nSPS) is 12.2. The number of carbonyl (C=O) groups is 1. The van der Waals surface area contributed by atoms with Crippen molar-refractivity contribution in [1.82, 2.24) is 0 Å². The average molecular weight is 410 g/mol. The molecule has 0 saturated carbocycles. The summed E-state index contributed by atoms with van der Waals surface area (Å²) < 4.78 is 6.05. The summed E-state index contributed by atoms with van der Waals surface area (Å²) >= 11 is 1.89. The van der Waals surface area contributed by atoms with Crippen molar-refractivity contribution < 1.29 is 9.22 Å². The van der Waals surface area contributed by atoms with Gasteiger partial charge in [-0.05, 0) is 61.5 Å². The Hall–Kier alpha value is 0.317. The van der Waals surface area contributed by atoms with E-state index in [0.29, 0.717) is 3.79 Å². The van der Waals surface area contributed by atoms with Gasteiger partial charge in [0.2, 0.25) is 0 Å². The second-order valence-electron chi connectivity index (χ2n) is 6.26. The Morgan fingerprint density at radius 1 is 0.950 bits per heavy atom. The molecular weight excluding hydrogens is 379 g/mol. The summed E-state index contributed by atoms with van der Waals surface area (Å²) in [6.07, 6.45) is 15.2. The van der Waals surface area contributed by atoms with Gasteiger partial charge in [-0.3, -0.25) is 4.79 Å². The minimum absolute atomic E-state index is 0.299. The molecular formula is C16H31IO2Si. The van der Waals surface area contributed by atoms with Crippen LogP contribution in [0.1, 0.15) is 57.8 Å². The van der Waals surface area contributed by atoms with Crippen LogP contribution < -0.4 is 0 Å². The highest BCUT2D eigenvalue weighted by Gasteiger charge is 2.11. The molecule has 0 bridgehead atoms. The molecule has 0 rings (SSSR count). The monoisotopic (exact) mass is 410 g/mol. The highest BCUT2D eigenvalue weighted by Crippen LogP contribution is 2.11. The van der Waals surface area contributed by atoms with E-state index in [0.717, 1.165) is 19.4 Å². The summed E-state index contributed by atoms with van der Waals surface area (Å²) in [4.78, 5) is 10.8. The van der Waals surface area contributed by atoms with Crippen LogP contribution in [0, 0.1) is 0 Å². The van der Waals surface area contributed by atoms with Crippen LogP contribution in [0.3, 0.4) is 0 Å². The van der Waals surface area contributed by atoms with Gasteiger partial charge >= 0.3 is 0 Å². The lowest BCUT2D eigenvalue weighted by Crippen LogP contribution is -2.25. The molecule has 0 atom stereocenters. The predicted octanol–water partition coefficient (Wildman–Crippen LogP) is 5.87. The number of carbonyl (C=O) groups excluding carboxylic acids is 1. The lowest BCUT2D eigenvalue weighted by atomic mass is 10.1. The smallest absolute Gasteiger partial charge is 0.192 e. The summed E-state index contributed by atoms with van der Waals surface area (Å²) in [5.41, 5.74) is 0. The van der Waals surface area contributed by atoms with Gasteiger partial charge in [-0.2, -0.15) is 0 Å². The highest BCUT2D eigenvalue weighted by atomic mass is 127. The largest absolute Gasteiger partial charge is 0.414 e. The second kappa shape index (κ2) is 13.0. The molecule has 0 radical (unpaired) electrons. The molecule has 0 aromatic rings. The fourth-order valence-corrected chi connectivity index (χ4v) is 2.87. The lowest BCUT2D eigenvalue weighted by Gasteiger charge is -2.14.